The van der Waals surface area contributed by atoms with E-state index in [4.69, 9.17) is 15.2 Å². The third kappa shape index (κ3) is 4.17. The molecule has 112 valence electrons. The first-order valence-electron chi connectivity index (χ1n) is 5.83. The van der Waals surface area contributed by atoms with Crippen LogP contribution in [0, 0.1) is 0 Å². The summed E-state index contributed by atoms with van der Waals surface area (Å²) in [4.78, 5) is 10.8. The van der Waals surface area contributed by atoms with Crippen LogP contribution in [-0.4, -0.2) is 34.1 Å². The molecule has 0 aliphatic rings. The van der Waals surface area contributed by atoms with Crippen LogP contribution in [0.2, 0.25) is 0 Å². The second-order valence-electron chi connectivity index (χ2n) is 3.99. The Balaban J connectivity index is 3.01. The number of ether oxygens (including phenoxy) is 2. The molecule has 1 unspecified atom stereocenters. The van der Waals surface area contributed by atoms with E-state index >= 15 is 0 Å². The molecule has 0 fully saturated rings. The van der Waals surface area contributed by atoms with Gasteiger partial charge in [0.05, 0.1) is 13.7 Å². The van der Waals surface area contributed by atoms with Gasteiger partial charge in [-0.05, 0) is 31.0 Å². The lowest BCUT2D eigenvalue weighted by Gasteiger charge is -2.12. The second-order valence-corrected chi connectivity index (χ2v) is 5.30. The quantitative estimate of drug-likeness (QED) is 0.616. The number of methoxy groups -OCH3 is 1. The Labute approximate surface area is 116 Å². The zero-order valence-electron chi connectivity index (χ0n) is 11.1. The fourth-order valence-electron chi connectivity index (χ4n) is 1.63. The summed E-state index contributed by atoms with van der Waals surface area (Å²) < 4.78 is 44.7. The lowest BCUT2D eigenvalue weighted by Crippen LogP contribution is -2.34. The predicted octanol–water partition coefficient (Wildman–Crippen LogP) is 0.786. The molecule has 20 heavy (non-hydrogen) atoms. The molecule has 1 aromatic rings. The van der Waals surface area contributed by atoms with Crippen molar-refractivity contribution >= 4 is 16.2 Å². The highest BCUT2D eigenvalue weighted by molar-refractivity contribution is 7.86. The molecule has 0 saturated carbocycles. The average molecular weight is 305 g/mol. The fraction of sp³-hybridized carbons (Fsp3) is 0.417. The van der Waals surface area contributed by atoms with Gasteiger partial charge in [-0.25, -0.2) is 0 Å². The molecule has 0 saturated heterocycles. The summed E-state index contributed by atoms with van der Waals surface area (Å²) in [7, 11) is -3.69. The highest BCUT2D eigenvalue weighted by atomic mass is 32.3. The summed E-state index contributed by atoms with van der Waals surface area (Å²) in [5.74, 6) is -0.714. The summed E-state index contributed by atoms with van der Waals surface area (Å²) in [6.07, 6.45) is 0.0331. The van der Waals surface area contributed by atoms with Crippen LogP contribution in [0.1, 0.15) is 12.5 Å². The summed E-state index contributed by atoms with van der Waals surface area (Å²) >= 11 is 0. The van der Waals surface area contributed by atoms with Crippen molar-refractivity contribution in [2.45, 2.75) is 24.3 Å². The number of carbonyl (C=O) groups excluding carboxylic acids is 1. The largest absolute Gasteiger partial charge is 0.495 e. The van der Waals surface area contributed by atoms with E-state index in [0.29, 0.717) is 5.56 Å². The van der Waals surface area contributed by atoms with E-state index in [0.717, 1.165) is 6.07 Å². The maximum atomic E-state index is 13.1. The van der Waals surface area contributed by atoms with Gasteiger partial charge in [-0.15, -0.1) is 3.89 Å². The Hall–Kier alpha value is -1.67. The minimum atomic E-state index is -4.92. The molecule has 6 nitrogen and oxygen atoms in total. The van der Waals surface area contributed by atoms with Gasteiger partial charge in [-0.3, -0.25) is 4.79 Å². The summed E-state index contributed by atoms with van der Waals surface area (Å²) in [6.45, 7) is 1.84. The second kappa shape index (κ2) is 6.67. The number of halogens is 1. The fourth-order valence-corrected chi connectivity index (χ4v) is 2.31. The van der Waals surface area contributed by atoms with Crippen molar-refractivity contribution in [3.63, 3.8) is 0 Å². The maximum Gasteiger partial charge on any atom is 0.335 e. The van der Waals surface area contributed by atoms with Gasteiger partial charge in [-0.2, -0.15) is 8.42 Å². The number of benzene rings is 1. The van der Waals surface area contributed by atoms with Crippen LogP contribution in [0.5, 0.6) is 5.75 Å². The highest BCUT2D eigenvalue weighted by Crippen LogP contribution is 2.26. The summed E-state index contributed by atoms with van der Waals surface area (Å²) in [5.41, 5.74) is 6.01. The Bertz CT molecular complexity index is 588. The Kier molecular flexibility index (Phi) is 5.46. The average Bonchev–Trinajstić information content (AvgIpc) is 2.37. The van der Waals surface area contributed by atoms with Crippen molar-refractivity contribution in [3.8, 4) is 5.75 Å². The molecule has 2 N–H and O–H groups in total. The molecule has 1 rings (SSSR count). The van der Waals surface area contributed by atoms with E-state index < -0.39 is 27.1 Å². The molecule has 0 aromatic heterocycles. The highest BCUT2D eigenvalue weighted by Gasteiger charge is 2.21. The van der Waals surface area contributed by atoms with Crippen LogP contribution >= 0.6 is 0 Å². The molecule has 0 radical (unpaired) electrons. The molecular weight excluding hydrogens is 289 g/mol. The van der Waals surface area contributed by atoms with E-state index in [9.17, 15) is 17.1 Å². The standard InChI is InChI=1S/C12H16FNO5S/c1-3-19-12(15)9(14)6-8-4-5-10(18-2)11(7-8)20(13,16)17/h4-5,7,9H,3,6,14H2,1-2H3. The Morgan fingerprint density at radius 3 is 2.60 bits per heavy atom. The van der Waals surface area contributed by atoms with Gasteiger partial charge in [0.15, 0.2) is 0 Å². The Morgan fingerprint density at radius 1 is 1.45 bits per heavy atom. The lowest BCUT2D eigenvalue weighted by atomic mass is 10.1. The molecular formula is C12H16FNO5S. The van der Waals surface area contributed by atoms with E-state index in [1.54, 1.807) is 6.92 Å². The van der Waals surface area contributed by atoms with Gasteiger partial charge in [0.1, 0.15) is 16.7 Å². The third-order valence-electron chi connectivity index (χ3n) is 2.54. The van der Waals surface area contributed by atoms with Gasteiger partial charge in [0, 0.05) is 0 Å². The monoisotopic (exact) mass is 305 g/mol. The summed E-state index contributed by atoms with van der Waals surface area (Å²) in [5, 5.41) is 0. The smallest absolute Gasteiger partial charge is 0.335 e. The van der Waals surface area contributed by atoms with Gasteiger partial charge in [0.2, 0.25) is 0 Å². The first-order valence-corrected chi connectivity index (χ1v) is 7.21. The van der Waals surface area contributed by atoms with Crippen molar-refractivity contribution in [1.29, 1.82) is 0 Å². The number of rotatable bonds is 6. The number of nitrogens with two attached hydrogens (primary N) is 1. The predicted molar refractivity (Wildman–Crippen MR) is 69.6 cm³/mol. The minimum Gasteiger partial charge on any atom is -0.495 e. The van der Waals surface area contributed by atoms with Crippen molar-refractivity contribution < 1.29 is 26.6 Å². The Morgan fingerprint density at radius 2 is 2.10 bits per heavy atom. The van der Waals surface area contributed by atoms with E-state index in [1.165, 1.54) is 19.2 Å². The van der Waals surface area contributed by atoms with Crippen LogP contribution in [0.25, 0.3) is 0 Å². The maximum absolute atomic E-state index is 13.1. The normalized spacial score (nSPS) is 12.8. The van der Waals surface area contributed by atoms with Gasteiger partial charge in [-0.1, -0.05) is 6.07 Å². The first kappa shape index (κ1) is 16.4. The lowest BCUT2D eigenvalue weighted by molar-refractivity contribution is -0.144. The van der Waals surface area contributed by atoms with E-state index in [1.807, 2.05) is 0 Å². The topological polar surface area (TPSA) is 95.7 Å². The number of hydrogen-bond acceptors (Lipinski definition) is 6. The van der Waals surface area contributed by atoms with Crippen LogP contribution in [0.3, 0.4) is 0 Å². The molecule has 0 aliphatic carbocycles. The van der Waals surface area contributed by atoms with Gasteiger partial charge >= 0.3 is 16.2 Å². The number of hydrogen-bond donors (Lipinski definition) is 1. The van der Waals surface area contributed by atoms with Crippen molar-refractivity contribution in [1.82, 2.24) is 0 Å². The summed E-state index contributed by atoms with van der Waals surface area (Å²) in [6, 6.07) is 2.96. The van der Waals surface area contributed by atoms with Gasteiger partial charge < -0.3 is 15.2 Å². The van der Waals surface area contributed by atoms with Crippen molar-refractivity contribution in [2.75, 3.05) is 13.7 Å². The van der Waals surface area contributed by atoms with Crippen LogP contribution in [0.4, 0.5) is 3.89 Å². The van der Waals surface area contributed by atoms with E-state index in [-0.39, 0.29) is 18.8 Å². The zero-order chi connectivity index (χ0) is 15.3. The minimum absolute atomic E-state index is 0.0331. The molecule has 1 aromatic carbocycles. The van der Waals surface area contributed by atoms with Crippen molar-refractivity contribution in [3.05, 3.63) is 23.8 Å². The molecule has 0 aliphatic heterocycles. The molecule has 8 heteroatoms. The third-order valence-corrected chi connectivity index (χ3v) is 3.38. The van der Waals surface area contributed by atoms with Crippen LogP contribution in [0.15, 0.2) is 23.1 Å². The molecule has 0 amide bonds. The number of esters is 1. The molecule has 1 atom stereocenters. The molecule has 0 heterocycles. The van der Waals surface area contributed by atoms with Crippen LogP contribution in [-0.2, 0) is 26.2 Å². The van der Waals surface area contributed by atoms with Crippen molar-refractivity contribution in [2.24, 2.45) is 5.73 Å². The molecule has 0 spiro atoms. The zero-order valence-corrected chi connectivity index (χ0v) is 11.9. The first-order chi connectivity index (χ1) is 9.29. The number of carbonyl (C=O) groups is 1. The van der Waals surface area contributed by atoms with Crippen LogP contribution < -0.4 is 10.5 Å². The molecule has 0 bridgehead atoms. The van der Waals surface area contributed by atoms with Gasteiger partial charge in [0.25, 0.3) is 0 Å². The SMILES string of the molecule is CCOC(=O)C(N)Cc1ccc(OC)c(S(=O)(=O)F)c1. The van der Waals surface area contributed by atoms with E-state index in [2.05, 4.69) is 0 Å².